The van der Waals surface area contributed by atoms with Crippen LogP contribution < -0.4 is 16.7 Å². The predicted octanol–water partition coefficient (Wildman–Crippen LogP) is 1.19. The van der Waals surface area contributed by atoms with Gasteiger partial charge in [0.2, 0.25) is 5.91 Å². The van der Waals surface area contributed by atoms with E-state index in [2.05, 4.69) is 0 Å². The lowest BCUT2D eigenvalue weighted by Gasteiger charge is -2.17. The van der Waals surface area contributed by atoms with Crippen molar-refractivity contribution in [3.8, 4) is 0 Å². The van der Waals surface area contributed by atoms with E-state index in [9.17, 15) is 4.79 Å². The van der Waals surface area contributed by atoms with Crippen LogP contribution in [0.5, 0.6) is 0 Å². The summed E-state index contributed by atoms with van der Waals surface area (Å²) in [5, 5.41) is 0.856. The topological polar surface area (TPSA) is 81.1 Å². The van der Waals surface area contributed by atoms with E-state index in [1.807, 2.05) is 30.3 Å². The Kier molecular flexibility index (Phi) is 4.34. The predicted molar refractivity (Wildman–Crippen MR) is 78.6 cm³/mol. The second-order valence-corrected chi connectivity index (χ2v) is 4.74. The standard InChI is InChI=1S/C15H25N3O/c1-12(11-13-7-3-2-4-8-13)18-15(19)14(17)9-5-6-10-16/h2-4,7-8,12,14H,5-6,9-11,16-17H2,1H3,(H,18,19)/t12-,14-/m0/s1/i/hD5. The SMILES string of the molecule is [2H]N([2H])CCCC[C@@H](C(=O)N([2H])[C@@H](C)Cc1ccccc1)N([2H])[2H]. The molecule has 2 atom stereocenters. The summed E-state index contributed by atoms with van der Waals surface area (Å²) >= 11 is 0. The molecule has 0 bridgehead atoms. The molecule has 1 rings (SSSR count). The highest BCUT2D eigenvalue weighted by molar-refractivity contribution is 5.81. The Bertz CT molecular complexity index is 489. The van der Waals surface area contributed by atoms with Crippen LogP contribution in [0.25, 0.3) is 0 Å². The molecule has 1 aromatic carbocycles. The van der Waals surface area contributed by atoms with Crippen LogP contribution in [0.15, 0.2) is 30.3 Å². The van der Waals surface area contributed by atoms with Gasteiger partial charge >= 0.3 is 0 Å². The molecule has 0 saturated heterocycles. The lowest BCUT2D eigenvalue weighted by atomic mass is 10.1. The lowest BCUT2D eigenvalue weighted by molar-refractivity contribution is -0.123. The first-order chi connectivity index (χ1) is 11.3. The van der Waals surface area contributed by atoms with Crippen LogP contribution in [0.4, 0.5) is 0 Å². The Balaban J connectivity index is 2.57. The van der Waals surface area contributed by atoms with Gasteiger partial charge in [-0.2, -0.15) is 0 Å². The van der Waals surface area contributed by atoms with Crippen LogP contribution in [0, 0.1) is 0 Å². The number of nitrogens with two attached hydrogens (primary N) is 2. The number of benzene rings is 1. The summed E-state index contributed by atoms with van der Waals surface area (Å²) in [6, 6.07) is 8.20. The average molecular weight is 268 g/mol. The van der Waals surface area contributed by atoms with Gasteiger partial charge in [-0.05, 0) is 38.3 Å². The van der Waals surface area contributed by atoms with Gasteiger partial charge in [0, 0.05) is 6.04 Å². The van der Waals surface area contributed by atoms with E-state index in [1.165, 1.54) is 0 Å². The Morgan fingerprint density at radius 1 is 1.42 bits per heavy atom. The molecule has 0 unspecified atom stereocenters. The van der Waals surface area contributed by atoms with Gasteiger partial charge in [-0.3, -0.25) is 4.79 Å². The molecule has 4 nitrogen and oxygen atoms in total. The van der Waals surface area contributed by atoms with Crippen LogP contribution in [-0.4, -0.2) is 24.5 Å². The number of unbranched alkanes of at least 4 members (excludes halogenated alkanes) is 1. The average Bonchev–Trinajstić information content (AvgIpc) is 2.53. The third-order valence-electron chi connectivity index (χ3n) is 2.89. The minimum Gasteiger partial charge on any atom is -0.352 e. The van der Waals surface area contributed by atoms with E-state index in [4.69, 9.17) is 7.06 Å². The monoisotopic (exact) mass is 268 g/mol. The molecule has 0 spiro atoms. The fourth-order valence-electron chi connectivity index (χ4n) is 1.88. The molecule has 106 valence electrons. The van der Waals surface area contributed by atoms with Crippen molar-refractivity contribution in [1.29, 1.82) is 0 Å². The van der Waals surface area contributed by atoms with Crippen molar-refractivity contribution in [2.75, 3.05) is 6.54 Å². The van der Waals surface area contributed by atoms with Gasteiger partial charge in [0.25, 0.3) is 0 Å². The van der Waals surface area contributed by atoms with Crippen molar-refractivity contribution >= 4 is 5.91 Å². The van der Waals surface area contributed by atoms with E-state index in [0.717, 1.165) is 10.9 Å². The zero-order valence-corrected chi connectivity index (χ0v) is 11.3. The Hall–Kier alpha value is -1.39. The molecule has 0 saturated carbocycles. The molecule has 0 aromatic heterocycles. The molecule has 0 aliphatic heterocycles. The summed E-state index contributed by atoms with van der Waals surface area (Å²) in [5.41, 5.74) is 1.93. The minimum absolute atomic E-state index is 0.242. The molecule has 0 fully saturated rings. The smallest absolute Gasteiger partial charge is 0.237 e. The lowest BCUT2D eigenvalue weighted by Crippen LogP contribution is -2.45. The molecule has 1 amide bonds. The summed E-state index contributed by atoms with van der Waals surface area (Å²) < 4.78 is 36.8. The zero-order chi connectivity index (χ0) is 18.1. The highest BCUT2D eigenvalue weighted by atomic mass is 16.2. The molecular weight excluding hydrogens is 238 g/mol. The quantitative estimate of drug-likeness (QED) is 0.558. The van der Waals surface area contributed by atoms with Crippen LogP contribution in [-0.2, 0) is 11.2 Å². The number of hydrogen-bond acceptors (Lipinski definition) is 3. The fourth-order valence-corrected chi connectivity index (χ4v) is 1.88. The van der Waals surface area contributed by atoms with E-state index < -0.39 is 11.9 Å². The van der Waals surface area contributed by atoms with Crippen LogP contribution in [0.2, 0.25) is 7.06 Å². The maximum atomic E-state index is 12.4. The first kappa shape index (κ1) is 9.50. The molecule has 0 aliphatic carbocycles. The fraction of sp³-hybridized carbons (Fsp3) is 0.533. The summed E-state index contributed by atoms with van der Waals surface area (Å²) in [7, 11) is 0. The Labute approximate surface area is 122 Å². The Morgan fingerprint density at radius 3 is 2.89 bits per heavy atom. The highest BCUT2D eigenvalue weighted by Gasteiger charge is 2.15. The van der Waals surface area contributed by atoms with Crippen LogP contribution in [0.3, 0.4) is 0 Å². The second-order valence-electron chi connectivity index (χ2n) is 4.74. The van der Waals surface area contributed by atoms with Crippen molar-refractivity contribution in [2.45, 2.75) is 44.7 Å². The van der Waals surface area contributed by atoms with E-state index in [0.29, 0.717) is 30.7 Å². The zero-order valence-electron chi connectivity index (χ0n) is 16.3. The number of carbonyl (C=O) groups excluding carboxylic acids is 1. The van der Waals surface area contributed by atoms with Crippen molar-refractivity contribution < 1.29 is 11.9 Å². The molecule has 0 heterocycles. The second kappa shape index (κ2) is 8.67. The number of amides is 1. The molecule has 19 heavy (non-hydrogen) atoms. The van der Waals surface area contributed by atoms with Gasteiger partial charge in [-0.25, -0.2) is 0 Å². The van der Waals surface area contributed by atoms with E-state index in [1.54, 1.807) is 6.92 Å². The third-order valence-corrected chi connectivity index (χ3v) is 2.89. The Morgan fingerprint density at radius 2 is 2.21 bits per heavy atom. The third kappa shape index (κ3) is 6.36. The van der Waals surface area contributed by atoms with Gasteiger partial charge in [-0.1, -0.05) is 36.8 Å². The first-order valence-corrected chi connectivity index (χ1v) is 6.71. The largest absolute Gasteiger partial charge is 0.352 e. The number of nitrogens with one attached hydrogen (secondary N) is 1. The molecular formula is C15H25N3O. The summed E-state index contributed by atoms with van der Waals surface area (Å²) in [5.74, 6) is -0.572. The highest BCUT2D eigenvalue weighted by Crippen LogP contribution is 2.04. The van der Waals surface area contributed by atoms with Crippen molar-refractivity contribution in [1.82, 2.24) is 5.31 Å². The van der Waals surface area contributed by atoms with Gasteiger partial charge < -0.3 is 16.7 Å². The molecule has 4 heteroatoms. The number of hydrogen-bond donors (Lipinski definition) is 3. The van der Waals surface area contributed by atoms with Gasteiger partial charge in [0.1, 0.15) is 5.65 Å². The molecule has 1 aromatic rings. The molecule has 0 radical (unpaired) electrons. The maximum absolute atomic E-state index is 12.4. The van der Waals surface area contributed by atoms with E-state index >= 15 is 0 Å². The van der Waals surface area contributed by atoms with Gasteiger partial charge in [-0.15, -0.1) is 0 Å². The van der Waals surface area contributed by atoms with Crippen molar-refractivity contribution in [3.63, 3.8) is 0 Å². The van der Waals surface area contributed by atoms with Gasteiger partial charge in [0.05, 0.1) is 6.04 Å². The van der Waals surface area contributed by atoms with E-state index in [-0.39, 0.29) is 19.0 Å². The van der Waals surface area contributed by atoms with Crippen molar-refractivity contribution in [3.05, 3.63) is 35.9 Å². The number of carbonyl (C=O) groups is 1. The summed E-state index contributed by atoms with van der Waals surface area (Å²) in [6.07, 6.45) is 1.83. The van der Waals surface area contributed by atoms with Crippen LogP contribution in [0.1, 0.15) is 31.7 Å². The van der Waals surface area contributed by atoms with Gasteiger partial charge in [0.15, 0.2) is 1.41 Å². The minimum atomic E-state index is -1.01. The first-order valence-electron chi connectivity index (χ1n) is 8.94. The summed E-state index contributed by atoms with van der Waals surface area (Å²) in [6.45, 7) is 2.01. The molecule has 5 N–H and O–H groups in total. The molecule has 0 aliphatic rings. The van der Waals surface area contributed by atoms with Crippen molar-refractivity contribution in [2.24, 2.45) is 11.4 Å². The number of rotatable bonds is 10. The maximum Gasteiger partial charge on any atom is 0.237 e. The summed E-state index contributed by atoms with van der Waals surface area (Å²) in [4.78, 5) is 12.4. The van der Waals surface area contributed by atoms with Crippen LogP contribution >= 0.6 is 0 Å². The normalized spacial score (nSPS) is 17.9.